The van der Waals surface area contributed by atoms with Gasteiger partial charge in [0.2, 0.25) is 0 Å². The van der Waals surface area contributed by atoms with Crippen LogP contribution in [0.3, 0.4) is 0 Å². The van der Waals surface area contributed by atoms with Crippen LogP contribution in [0, 0.1) is 0 Å². The fourth-order valence-electron chi connectivity index (χ4n) is 2.89. The molecule has 18 heavy (non-hydrogen) atoms. The van der Waals surface area contributed by atoms with Crippen molar-refractivity contribution in [2.24, 2.45) is 5.73 Å². The molecule has 0 radical (unpaired) electrons. The summed E-state index contributed by atoms with van der Waals surface area (Å²) in [4.78, 5) is 2.29. The van der Waals surface area contributed by atoms with Crippen molar-refractivity contribution in [3.8, 4) is 11.5 Å². The van der Waals surface area contributed by atoms with E-state index in [1.807, 2.05) is 12.1 Å². The van der Waals surface area contributed by atoms with Crippen molar-refractivity contribution in [2.45, 2.75) is 18.4 Å². The second kappa shape index (κ2) is 4.44. The third kappa shape index (κ3) is 2.06. The van der Waals surface area contributed by atoms with E-state index >= 15 is 0 Å². The molecule has 4 nitrogen and oxygen atoms in total. The summed E-state index contributed by atoms with van der Waals surface area (Å²) >= 11 is 0. The number of likely N-dealkylation sites (tertiary alicyclic amines) is 1. The van der Waals surface area contributed by atoms with Crippen LogP contribution in [0.5, 0.6) is 11.5 Å². The van der Waals surface area contributed by atoms with Crippen LogP contribution in [-0.4, -0.2) is 38.3 Å². The van der Waals surface area contributed by atoms with E-state index in [0.717, 1.165) is 43.0 Å². The first-order valence-corrected chi connectivity index (χ1v) is 6.55. The quantitative estimate of drug-likeness (QED) is 0.814. The Morgan fingerprint density at radius 3 is 2.78 bits per heavy atom. The van der Waals surface area contributed by atoms with E-state index in [-0.39, 0.29) is 5.54 Å². The summed E-state index contributed by atoms with van der Waals surface area (Å²) in [5, 5.41) is 0. The zero-order valence-corrected chi connectivity index (χ0v) is 10.8. The Labute approximate surface area is 108 Å². The topological polar surface area (TPSA) is 47.7 Å². The number of ether oxygens (including phenoxy) is 2. The molecule has 1 fully saturated rings. The van der Waals surface area contributed by atoms with Crippen molar-refractivity contribution >= 4 is 0 Å². The molecule has 2 aliphatic rings. The first-order chi connectivity index (χ1) is 8.67. The van der Waals surface area contributed by atoms with Gasteiger partial charge in [0, 0.05) is 6.54 Å². The predicted molar refractivity (Wildman–Crippen MR) is 70.0 cm³/mol. The summed E-state index contributed by atoms with van der Waals surface area (Å²) in [7, 11) is 2.12. The lowest BCUT2D eigenvalue weighted by molar-refractivity contribution is 0.166. The lowest BCUT2D eigenvalue weighted by atomic mass is 9.83. The van der Waals surface area contributed by atoms with Gasteiger partial charge in [0.05, 0.1) is 5.54 Å². The molecule has 0 saturated carbocycles. The van der Waals surface area contributed by atoms with Gasteiger partial charge in [0.25, 0.3) is 0 Å². The highest BCUT2D eigenvalue weighted by atomic mass is 16.6. The van der Waals surface area contributed by atoms with E-state index < -0.39 is 0 Å². The fourth-order valence-corrected chi connectivity index (χ4v) is 2.89. The molecule has 0 amide bonds. The summed E-state index contributed by atoms with van der Waals surface area (Å²) in [5.41, 5.74) is 7.46. The summed E-state index contributed by atoms with van der Waals surface area (Å²) < 4.78 is 11.2. The van der Waals surface area contributed by atoms with Crippen molar-refractivity contribution in [1.82, 2.24) is 4.90 Å². The van der Waals surface area contributed by atoms with Gasteiger partial charge in [-0.25, -0.2) is 0 Å². The molecule has 2 heterocycles. The Kier molecular flexibility index (Phi) is 2.92. The van der Waals surface area contributed by atoms with E-state index in [2.05, 4.69) is 18.0 Å². The van der Waals surface area contributed by atoms with E-state index in [0.29, 0.717) is 13.2 Å². The number of piperidine rings is 1. The van der Waals surface area contributed by atoms with Gasteiger partial charge in [-0.3, -0.25) is 0 Å². The molecule has 1 atom stereocenters. The SMILES string of the molecule is CN1CCCC(N)(c2ccc3c(c2)OCCO3)C1. The van der Waals surface area contributed by atoms with Gasteiger partial charge in [-0.05, 0) is 44.1 Å². The number of benzene rings is 1. The molecular formula is C14H20N2O2. The van der Waals surface area contributed by atoms with Crippen molar-refractivity contribution in [3.63, 3.8) is 0 Å². The Morgan fingerprint density at radius 2 is 2.00 bits per heavy atom. The molecule has 4 heteroatoms. The smallest absolute Gasteiger partial charge is 0.161 e. The van der Waals surface area contributed by atoms with Gasteiger partial charge < -0.3 is 20.1 Å². The maximum absolute atomic E-state index is 6.57. The second-order valence-corrected chi connectivity index (χ2v) is 5.36. The zero-order valence-electron chi connectivity index (χ0n) is 10.8. The highest BCUT2D eigenvalue weighted by Gasteiger charge is 2.32. The molecule has 0 aromatic heterocycles. The summed E-state index contributed by atoms with van der Waals surface area (Å²) in [6.45, 7) is 3.27. The van der Waals surface area contributed by atoms with Crippen LogP contribution >= 0.6 is 0 Å². The maximum atomic E-state index is 6.57. The van der Waals surface area contributed by atoms with Crippen LogP contribution in [0.1, 0.15) is 18.4 Å². The molecule has 0 bridgehead atoms. The van der Waals surface area contributed by atoms with Gasteiger partial charge in [-0.1, -0.05) is 6.07 Å². The molecule has 1 unspecified atom stereocenters. The Balaban J connectivity index is 1.91. The number of hydrogen-bond acceptors (Lipinski definition) is 4. The van der Waals surface area contributed by atoms with E-state index in [9.17, 15) is 0 Å². The van der Waals surface area contributed by atoms with Crippen LogP contribution < -0.4 is 15.2 Å². The number of hydrogen-bond donors (Lipinski definition) is 1. The number of nitrogens with two attached hydrogens (primary N) is 1. The standard InChI is InChI=1S/C14H20N2O2/c1-16-6-2-5-14(15,10-16)11-3-4-12-13(9-11)18-8-7-17-12/h3-4,9H,2,5-8,10,15H2,1H3. The van der Waals surface area contributed by atoms with Crippen LogP contribution in [-0.2, 0) is 5.54 Å². The number of fused-ring (bicyclic) bond motifs is 1. The molecule has 1 aromatic carbocycles. The predicted octanol–water partition coefficient (Wildman–Crippen LogP) is 1.34. The van der Waals surface area contributed by atoms with Crippen LogP contribution in [0.4, 0.5) is 0 Å². The first kappa shape index (κ1) is 11.8. The molecule has 98 valence electrons. The highest BCUT2D eigenvalue weighted by molar-refractivity contribution is 5.46. The van der Waals surface area contributed by atoms with E-state index in [1.165, 1.54) is 0 Å². The largest absolute Gasteiger partial charge is 0.486 e. The molecule has 2 N–H and O–H groups in total. The summed E-state index contributed by atoms with van der Waals surface area (Å²) in [6, 6.07) is 6.10. The molecule has 1 aromatic rings. The van der Waals surface area contributed by atoms with Crippen molar-refractivity contribution in [2.75, 3.05) is 33.4 Å². The number of likely N-dealkylation sites (N-methyl/N-ethyl adjacent to an activating group) is 1. The average molecular weight is 248 g/mol. The molecule has 0 spiro atoms. The summed E-state index contributed by atoms with van der Waals surface area (Å²) in [5.74, 6) is 1.66. The van der Waals surface area contributed by atoms with Gasteiger partial charge in [-0.15, -0.1) is 0 Å². The average Bonchev–Trinajstić information content (AvgIpc) is 2.38. The monoisotopic (exact) mass is 248 g/mol. The zero-order chi connectivity index (χ0) is 12.6. The van der Waals surface area contributed by atoms with Gasteiger partial charge in [-0.2, -0.15) is 0 Å². The molecule has 1 saturated heterocycles. The summed E-state index contributed by atoms with van der Waals surface area (Å²) in [6.07, 6.45) is 2.17. The van der Waals surface area contributed by atoms with Gasteiger partial charge >= 0.3 is 0 Å². The third-order valence-electron chi connectivity index (χ3n) is 3.83. The van der Waals surface area contributed by atoms with Crippen molar-refractivity contribution < 1.29 is 9.47 Å². The van der Waals surface area contributed by atoms with E-state index in [1.54, 1.807) is 0 Å². The minimum absolute atomic E-state index is 0.261. The van der Waals surface area contributed by atoms with E-state index in [4.69, 9.17) is 15.2 Å². The normalized spacial score (nSPS) is 28.1. The Bertz CT molecular complexity index is 449. The number of nitrogens with zero attached hydrogens (tertiary/aromatic N) is 1. The van der Waals surface area contributed by atoms with Crippen molar-refractivity contribution in [1.29, 1.82) is 0 Å². The minimum atomic E-state index is -0.261. The van der Waals surface area contributed by atoms with Crippen molar-refractivity contribution in [3.05, 3.63) is 23.8 Å². The number of rotatable bonds is 1. The minimum Gasteiger partial charge on any atom is -0.486 e. The second-order valence-electron chi connectivity index (χ2n) is 5.36. The molecule has 2 aliphatic heterocycles. The molecule has 0 aliphatic carbocycles. The lowest BCUT2D eigenvalue weighted by Gasteiger charge is -2.39. The van der Waals surface area contributed by atoms with Gasteiger partial charge in [0.15, 0.2) is 11.5 Å². The lowest BCUT2D eigenvalue weighted by Crippen LogP contribution is -2.50. The van der Waals surface area contributed by atoms with Crippen LogP contribution in [0.15, 0.2) is 18.2 Å². The molecule has 3 rings (SSSR count). The molecular weight excluding hydrogens is 228 g/mol. The van der Waals surface area contributed by atoms with Crippen LogP contribution in [0.2, 0.25) is 0 Å². The van der Waals surface area contributed by atoms with Gasteiger partial charge in [0.1, 0.15) is 13.2 Å². The highest BCUT2D eigenvalue weighted by Crippen LogP contribution is 2.36. The third-order valence-corrected chi connectivity index (χ3v) is 3.83. The first-order valence-electron chi connectivity index (χ1n) is 6.55. The maximum Gasteiger partial charge on any atom is 0.161 e. The fraction of sp³-hybridized carbons (Fsp3) is 0.571. The Hall–Kier alpha value is -1.26. The Morgan fingerprint density at radius 1 is 1.22 bits per heavy atom. The van der Waals surface area contributed by atoms with Crippen LogP contribution in [0.25, 0.3) is 0 Å².